The van der Waals surface area contributed by atoms with Gasteiger partial charge in [-0.1, -0.05) is 6.42 Å². The lowest BCUT2D eigenvalue weighted by atomic mass is 10.1. The Labute approximate surface area is 171 Å². The lowest BCUT2D eigenvalue weighted by molar-refractivity contribution is 0.543. The summed E-state index contributed by atoms with van der Waals surface area (Å²) in [5.74, 6) is -1.64. The first-order chi connectivity index (χ1) is 13.4. The Balaban J connectivity index is 2.40. The zero-order chi connectivity index (χ0) is 21.8. The highest BCUT2D eigenvalue weighted by Gasteiger charge is 2.31. The molecule has 1 atom stereocenters. The summed E-state index contributed by atoms with van der Waals surface area (Å²) in [7, 11) is -3.59. The minimum atomic E-state index is -4.03. The van der Waals surface area contributed by atoms with E-state index in [0.717, 1.165) is 30.1 Å². The molecular weight excluding hydrogens is 420 g/mol. The molecule has 0 aromatic heterocycles. The van der Waals surface area contributed by atoms with E-state index >= 15 is 0 Å². The molecular formula is C20H25F2NO4S2. The van der Waals surface area contributed by atoms with E-state index in [0.29, 0.717) is 0 Å². The fourth-order valence-electron chi connectivity index (χ4n) is 3.03. The van der Waals surface area contributed by atoms with Crippen molar-refractivity contribution in [3.8, 4) is 0 Å². The van der Waals surface area contributed by atoms with Crippen molar-refractivity contribution in [1.82, 2.24) is 0 Å². The second-order valence-corrected chi connectivity index (χ2v) is 11.6. The first kappa shape index (κ1) is 23.3. The Bertz CT molecular complexity index is 1050. The third-order valence-electron chi connectivity index (χ3n) is 4.59. The van der Waals surface area contributed by atoms with Crippen molar-refractivity contribution in [2.45, 2.75) is 29.4 Å². The minimum Gasteiger partial charge on any atom is -0.378 e. The maximum absolute atomic E-state index is 14.4. The van der Waals surface area contributed by atoms with Gasteiger partial charge in [0.05, 0.1) is 10.1 Å². The van der Waals surface area contributed by atoms with Crippen molar-refractivity contribution in [1.29, 1.82) is 0 Å². The highest BCUT2D eigenvalue weighted by atomic mass is 32.2. The van der Waals surface area contributed by atoms with Gasteiger partial charge in [0, 0.05) is 37.4 Å². The minimum absolute atomic E-state index is 0.000116. The van der Waals surface area contributed by atoms with Gasteiger partial charge in [-0.05, 0) is 55.3 Å². The van der Waals surface area contributed by atoms with Crippen LogP contribution in [0.2, 0.25) is 0 Å². The fourth-order valence-corrected chi connectivity index (χ4v) is 5.60. The molecule has 0 saturated carbocycles. The first-order valence-electron chi connectivity index (χ1n) is 9.06. The van der Waals surface area contributed by atoms with Gasteiger partial charge >= 0.3 is 0 Å². The largest absolute Gasteiger partial charge is 0.378 e. The van der Waals surface area contributed by atoms with Crippen LogP contribution in [0.1, 0.15) is 30.1 Å². The van der Waals surface area contributed by atoms with Crippen molar-refractivity contribution in [2.75, 3.05) is 31.0 Å². The number of anilines is 1. The summed E-state index contributed by atoms with van der Waals surface area (Å²) in [4.78, 5) is 1.81. The SMILES string of the molecule is CN(C)c1ccc(S(=O)(=O)C(CCCCS(C)(=O)=O)c2cc(F)ccc2F)cc1. The van der Waals surface area contributed by atoms with Gasteiger partial charge < -0.3 is 4.90 Å². The van der Waals surface area contributed by atoms with Gasteiger partial charge in [-0.3, -0.25) is 0 Å². The van der Waals surface area contributed by atoms with E-state index in [2.05, 4.69) is 0 Å². The molecule has 2 aromatic rings. The Hall–Kier alpha value is -2.00. The predicted molar refractivity (Wildman–Crippen MR) is 111 cm³/mol. The second kappa shape index (κ2) is 9.21. The summed E-state index contributed by atoms with van der Waals surface area (Å²) < 4.78 is 77.3. The van der Waals surface area contributed by atoms with Crippen LogP contribution in [0.15, 0.2) is 47.4 Å². The van der Waals surface area contributed by atoms with E-state index in [4.69, 9.17) is 0 Å². The molecule has 0 aliphatic carbocycles. The van der Waals surface area contributed by atoms with Crippen molar-refractivity contribution >= 4 is 25.4 Å². The van der Waals surface area contributed by atoms with Gasteiger partial charge in [0.2, 0.25) is 0 Å². The summed E-state index contributed by atoms with van der Waals surface area (Å²) in [6.45, 7) is 0. The smallest absolute Gasteiger partial charge is 0.185 e. The molecule has 0 aliphatic heterocycles. The standard InChI is InChI=1S/C20H25F2NO4S2/c1-23(2)16-8-10-17(11-9-16)29(26,27)20(6-4-5-13-28(3,24)25)18-14-15(21)7-12-19(18)22/h7-12,14,20H,4-6,13H2,1-3H3. The van der Waals surface area contributed by atoms with E-state index < -0.39 is 36.6 Å². The van der Waals surface area contributed by atoms with Gasteiger partial charge in [-0.2, -0.15) is 0 Å². The molecule has 5 nitrogen and oxygen atoms in total. The van der Waals surface area contributed by atoms with Crippen LogP contribution in [0.4, 0.5) is 14.5 Å². The maximum Gasteiger partial charge on any atom is 0.185 e. The zero-order valence-corrected chi connectivity index (χ0v) is 18.2. The molecule has 29 heavy (non-hydrogen) atoms. The first-order valence-corrected chi connectivity index (χ1v) is 12.7. The molecule has 2 aromatic carbocycles. The quantitative estimate of drug-likeness (QED) is 0.550. The van der Waals surface area contributed by atoms with Crippen LogP contribution in [-0.4, -0.2) is 42.9 Å². The number of nitrogens with zero attached hydrogens (tertiary/aromatic N) is 1. The van der Waals surface area contributed by atoms with Gasteiger partial charge in [0.15, 0.2) is 9.84 Å². The van der Waals surface area contributed by atoms with Crippen LogP contribution in [0.3, 0.4) is 0 Å². The second-order valence-electron chi connectivity index (χ2n) is 7.21. The van der Waals surface area contributed by atoms with E-state index in [-0.39, 0.29) is 35.5 Å². The molecule has 1 unspecified atom stereocenters. The highest BCUT2D eigenvalue weighted by Crippen LogP contribution is 2.35. The molecule has 0 saturated heterocycles. The highest BCUT2D eigenvalue weighted by molar-refractivity contribution is 7.91. The molecule has 160 valence electrons. The fraction of sp³-hybridized carbons (Fsp3) is 0.400. The molecule has 0 heterocycles. The molecule has 0 radical (unpaired) electrons. The van der Waals surface area contributed by atoms with Gasteiger partial charge in [0.1, 0.15) is 21.5 Å². The summed E-state index contributed by atoms with van der Waals surface area (Å²) in [5, 5.41) is -1.32. The van der Waals surface area contributed by atoms with Gasteiger partial charge in [0.25, 0.3) is 0 Å². The number of unbranched alkanes of at least 4 members (excludes halogenated alkanes) is 1. The molecule has 9 heteroatoms. The molecule has 0 bridgehead atoms. The third kappa shape index (κ3) is 6.24. The van der Waals surface area contributed by atoms with Crippen LogP contribution in [0.25, 0.3) is 0 Å². The number of rotatable bonds is 9. The monoisotopic (exact) mass is 445 g/mol. The lowest BCUT2D eigenvalue weighted by Gasteiger charge is -2.20. The average molecular weight is 446 g/mol. The molecule has 2 rings (SSSR count). The van der Waals surface area contributed by atoms with Crippen LogP contribution >= 0.6 is 0 Å². The number of hydrogen-bond donors (Lipinski definition) is 0. The lowest BCUT2D eigenvalue weighted by Crippen LogP contribution is -2.17. The Morgan fingerprint density at radius 1 is 0.931 bits per heavy atom. The van der Waals surface area contributed by atoms with E-state index in [1.807, 2.05) is 19.0 Å². The zero-order valence-electron chi connectivity index (χ0n) is 16.6. The van der Waals surface area contributed by atoms with E-state index in [9.17, 15) is 25.6 Å². The van der Waals surface area contributed by atoms with Crippen molar-refractivity contribution in [2.24, 2.45) is 0 Å². The van der Waals surface area contributed by atoms with Gasteiger partial charge in [-0.25, -0.2) is 25.6 Å². The van der Waals surface area contributed by atoms with Crippen LogP contribution < -0.4 is 4.90 Å². The summed E-state index contributed by atoms with van der Waals surface area (Å²) in [6, 6.07) is 8.86. The number of halogens is 2. The predicted octanol–water partition coefficient (Wildman–Crippen LogP) is 3.76. The third-order valence-corrected chi connectivity index (χ3v) is 7.79. The topological polar surface area (TPSA) is 71.5 Å². The van der Waals surface area contributed by atoms with E-state index in [1.165, 1.54) is 12.1 Å². The van der Waals surface area contributed by atoms with Crippen LogP contribution in [0, 0.1) is 11.6 Å². The normalized spacial score (nSPS) is 13.3. The van der Waals surface area contributed by atoms with Crippen LogP contribution in [-0.2, 0) is 19.7 Å². The van der Waals surface area contributed by atoms with Gasteiger partial charge in [-0.15, -0.1) is 0 Å². The summed E-state index contributed by atoms with van der Waals surface area (Å²) in [6.07, 6.45) is 1.55. The maximum atomic E-state index is 14.4. The van der Waals surface area contributed by atoms with Crippen LogP contribution in [0.5, 0.6) is 0 Å². The molecule has 0 N–H and O–H groups in total. The Kier molecular flexibility index (Phi) is 7.40. The summed E-state index contributed by atoms with van der Waals surface area (Å²) in [5.41, 5.74) is 0.548. The number of sulfone groups is 2. The summed E-state index contributed by atoms with van der Waals surface area (Å²) >= 11 is 0. The van der Waals surface area contributed by atoms with E-state index in [1.54, 1.807) is 12.1 Å². The molecule has 0 aliphatic rings. The number of benzene rings is 2. The average Bonchev–Trinajstić information content (AvgIpc) is 2.63. The molecule has 0 fully saturated rings. The number of hydrogen-bond acceptors (Lipinski definition) is 5. The molecule has 0 spiro atoms. The Morgan fingerprint density at radius 2 is 1.55 bits per heavy atom. The van der Waals surface area contributed by atoms with Crippen molar-refractivity contribution in [3.05, 3.63) is 59.7 Å². The van der Waals surface area contributed by atoms with Crippen molar-refractivity contribution in [3.63, 3.8) is 0 Å². The Morgan fingerprint density at radius 3 is 2.10 bits per heavy atom. The molecule has 0 amide bonds. The van der Waals surface area contributed by atoms with Crippen molar-refractivity contribution < 1.29 is 25.6 Å².